The van der Waals surface area contributed by atoms with Crippen LogP contribution >= 0.6 is 11.6 Å². The molecule has 0 bridgehead atoms. The van der Waals surface area contributed by atoms with E-state index in [1.807, 2.05) is 36.4 Å². The van der Waals surface area contributed by atoms with E-state index in [1.165, 1.54) is 0 Å². The van der Waals surface area contributed by atoms with Crippen LogP contribution in [0.2, 0.25) is 5.02 Å². The second kappa shape index (κ2) is 10.1. The minimum Gasteiger partial charge on any atom is -0.334 e. The molecule has 0 saturated heterocycles. The second-order valence-electron chi connectivity index (χ2n) is 9.10. The molecular weight excluding hydrogens is 520 g/mol. The lowest BCUT2D eigenvalue weighted by atomic mass is 9.96. The highest BCUT2D eigenvalue weighted by molar-refractivity contribution is 6.34. The van der Waals surface area contributed by atoms with Gasteiger partial charge in [0.05, 0.1) is 22.7 Å². The van der Waals surface area contributed by atoms with Gasteiger partial charge in [0.25, 0.3) is 5.91 Å². The minimum atomic E-state index is -4.82. The van der Waals surface area contributed by atoms with Gasteiger partial charge in [0, 0.05) is 18.7 Å². The SMILES string of the molecule is O=C(Cc1ccc(C(F)(F)F)c(F)c1)Nc1c(Cl)ccc2c1CCN(C(=O)c1cccc3ccccc13)C2. The number of carbonyl (C=O) groups excluding carboxylic acids is 2. The average Bonchev–Trinajstić information content (AvgIpc) is 2.88. The Bertz CT molecular complexity index is 1560. The minimum absolute atomic E-state index is 0.0979. The van der Waals surface area contributed by atoms with Crippen molar-refractivity contribution in [2.24, 2.45) is 0 Å². The molecule has 1 aliphatic rings. The molecule has 0 aromatic heterocycles. The van der Waals surface area contributed by atoms with Gasteiger partial charge in [-0.05, 0) is 58.1 Å². The van der Waals surface area contributed by atoms with Crippen molar-refractivity contribution in [2.75, 3.05) is 11.9 Å². The lowest BCUT2D eigenvalue weighted by Gasteiger charge is -2.31. The molecule has 4 aromatic rings. The first-order chi connectivity index (χ1) is 18.1. The normalized spacial score (nSPS) is 13.3. The number of rotatable bonds is 4. The number of alkyl halides is 3. The Balaban J connectivity index is 1.34. The first-order valence-electron chi connectivity index (χ1n) is 11.8. The van der Waals surface area contributed by atoms with Crippen LogP contribution in [-0.2, 0) is 30.4 Å². The standard InChI is InChI=1S/C29H21ClF4N2O2/c30-24-11-9-19-16-36(28(38)22-7-3-5-18-4-1-2-6-20(18)22)13-12-21(19)27(24)35-26(37)15-17-8-10-23(25(31)14-17)29(32,33)34/h1-11,14H,12-13,15-16H2,(H,35,37). The third-order valence-corrected chi connectivity index (χ3v) is 6.94. The second-order valence-corrected chi connectivity index (χ2v) is 9.51. The van der Waals surface area contributed by atoms with E-state index in [0.717, 1.165) is 28.0 Å². The maximum atomic E-state index is 13.9. The summed E-state index contributed by atoms with van der Waals surface area (Å²) in [5.74, 6) is -2.08. The Kier molecular flexibility index (Phi) is 6.84. The fourth-order valence-electron chi connectivity index (χ4n) is 4.79. The lowest BCUT2D eigenvalue weighted by Crippen LogP contribution is -2.36. The molecular formula is C29H21ClF4N2O2. The molecule has 0 radical (unpaired) electrons. The van der Waals surface area contributed by atoms with E-state index in [9.17, 15) is 27.2 Å². The summed E-state index contributed by atoms with van der Waals surface area (Å²) in [6.07, 6.45) is -4.71. The Labute approximate surface area is 220 Å². The van der Waals surface area contributed by atoms with Crippen LogP contribution in [0.25, 0.3) is 10.8 Å². The van der Waals surface area contributed by atoms with Crippen LogP contribution in [-0.4, -0.2) is 23.3 Å². The van der Waals surface area contributed by atoms with E-state index < -0.39 is 23.5 Å². The zero-order chi connectivity index (χ0) is 27.0. The number of fused-ring (bicyclic) bond motifs is 2. The Morgan fingerprint density at radius 3 is 2.50 bits per heavy atom. The monoisotopic (exact) mass is 540 g/mol. The highest BCUT2D eigenvalue weighted by Crippen LogP contribution is 2.34. The molecule has 0 unspecified atom stereocenters. The van der Waals surface area contributed by atoms with Crippen molar-refractivity contribution < 1.29 is 27.2 Å². The molecule has 194 valence electrons. The highest BCUT2D eigenvalue weighted by Gasteiger charge is 2.34. The van der Waals surface area contributed by atoms with Gasteiger partial charge in [0.15, 0.2) is 0 Å². The lowest BCUT2D eigenvalue weighted by molar-refractivity contribution is -0.140. The van der Waals surface area contributed by atoms with Crippen molar-refractivity contribution in [2.45, 2.75) is 25.6 Å². The van der Waals surface area contributed by atoms with Gasteiger partial charge in [-0.3, -0.25) is 9.59 Å². The molecule has 4 aromatic carbocycles. The number of carbonyl (C=O) groups is 2. The van der Waals surface area contributed by atoms with Crippen LogP contribution in [0, 0.1) is 5.82 Å². The fourth-order valence-corrected chi connectivity index (χ4v) is 5.01. The van der Waals surface area contributed by atoms with E-state index in [2.05, 4.69) is 5.32 Å². The summed E-state index contributed by atoms with van der Waals surface area (Å²) in [5.41, 5.74) is 1.32. The number of nitrogens with zero attached hydrogens (tertiary/aromatic N) is 1. The molecule has 0 fully saturated rings. The third-order valence-electron chi connectivity index (χ3n) is 6.63. The summed E-state index contributed by atoms with van der Waals surface area (Å²) < 4.78 is 52.4. The van der Waals surface area contributed by atoms with Gasteiger partial charge in [-0.1, -0.05) is 60.1 Å². The number of hydrogen-bond acceptors (Lipinski definition) is 2. The van der Waals surface area contributed by atoms with Crippen molar-refractivity contribution in [3.8, 4) is 0 Å². The number of hydrogen-bond donors (Lipinski definition) is 1. The van der Waals surface area contributed by atoms with Crippen LogP contribution < -0.4 is 5.32 Å². The van der Waals surface area contributed by atoms with Crippen LogP contribution in [0.15, 0.2) is 72.8 Å². The quantitative estimate of drug-likeness (QED) is 0.282. The molecule has 0 aliphatic carbocycles. The number of nitrogens with one attached hydrogen (secondary N) is 1. The molecule has 1 N–H and O–H groups in total. The fraction of sp³-hybridized carbons (Fsp3) is 0.172. The predicted octanol–water partition coefficient (Wildman–Crippen LogP) is 7.03. The number of halogens is 5. The summed E-state index contributed by atoms with van der Waals surface area (Å²) in [5, 5.41) is 4.87. The van der Waals surface area contributed by atoms with Gasteiger partial charge in [-0.15, -0.1) is 0 Å². The average molecular weight is 541 g/mol. The van der Waals surface area contributed by atoms with Crippen molar-refractivity contribution >= 4 is 39.9 Å². The van der Waals surface area contributed by atoms with Gasteiger partial charge in [-0.2, -0.15) is 13.2 Å². The largest absolute Gasteiger partial charge is 0.419 e. The molecule has 4 nitrogen and oxygen atoms in total. The third kappa shape index (κ3) is 5.09. The summed E-state index contributed by atoms with van der Waals surface area (Å²) in [4.78, 5) is 27.9. The van der Waals surface area contributed by atoms with Crippen molar-refractivity contribution in [1.82, 2.24) is 4.90 Å². The maximum Gasteiger partial charge on any atom is 0.419 e. The van der Waals surface area contributed by atoms with E-state index >= 15 is 0 Å². The molecule has 2 amide bonds. The van der Waals surface area contributed by atoms with E-state index in [-0.39, 0.29) is 17.9 Å². The van der Waals surface area contributed by atoms with Gasteiger partial charge in [0.1, 0.15) is 5.82 Å². The summed E-state index contributed by atoms with van der Waals surface area (Å²) in [6, 6.07) is 19.1. The first-order valence-corrected chi connectivity index (χ1v) is 12.2. The van der Waals surface area contributed by atoms with Crippen molar-refractivity contribution in [1.29, 1.82) is 0 Å². The van der Waals surface area contributed by atoms with Gasteiger partial charge >= 0.3 is 6.18 Å². The Hall–Kier alpha value is -3.91. The van der Waals surface area contributed by atoms with Gasteiger partial charge < -0.3 is 10.2 Å². The van der Waals surface area contributed by atoms with Crippen LogP contribution in [0.4, 0.5) is 23.2 Å². The topological polar surface area (TPSA) is 49.4 Å². The van der Waals surface area contributed by atoms with Crippen molar-refractivity contribution in [3.05, 3.63) is 111 Å². The zero-order valence-electron chi connectivity index (χ0n) is 19.9. The van der Waals surface area contributed by atoms with Gasteiger partial charge in [-0.25, -0.2) is 4.39 Å². The Morgan fingerprint density at radius 1 is 0.974 bits per heavy atom. The molecule has 0 atom stereocenters. The van der Waals surface area contributed by atoms with E-state index in [0.29, 0.717) is 47.9 Å². The molecule has 9 heteroatoms. The number of benzene rings is 4. The molecule has 1 heterocycles. The molecule has 38 heavy (non-hydrogen) atoms. The summed E-state index contributed by atoms with van der Waals surface area (Å²) >= 11 is 6.38. The smallest absolute Gasteiger partial charge is 0.334 e. The van der Waals surface area contributed by atoms with E-state index in [1.54, 1.807) is 23.1 Å². The molecule has 5 rings (SSSR count). The molecule has 0 spiro atoms. The van der Waals surface area contributed by atoms with Crippen LogP contribution in [0.1, 0.15) is 32.6 Å². The maximum absolute atomic E-state index is 13.9. The first kappa shape index (κ1) is 25.7. The molecule has 1 aliphatic heterocycles. The number of amides is 2. The number of anilines is 1. The predicted molar refractivity (Wildman–Crippen MR) is 138 cm³/mol. The van der Waals surface area contributed by atoms with Crippen LogP contribution in [0.5, 0.6) is 0 Å². The zero-order valence-corrected chi connectivity index (χ0v) is 20.7. The summed E-state index contributed by atoms with van der Waals surface area (Å²) in [7, 11) is 0. The van der Waals surface area contributed by atoms with Crippen LogP contribution in [0.3, 0.4) is 0 Å². The van der Waals surface area contributed by atoms with Crippen molar-refractivity contribution in [3.63, 3.8) is 0 Å². The Morgan fingerprint density at radius 2 is 1.74 bits per heavy atom. The molecule has 0 saturated carbocycles. The summed E-state index contributed by atoms with van der Waals surface area (Å²) in [6.45, 7) is 0.726. The highest BCUT2D eigenvalue weighted by atomic mass is 35.5. The van der Waals surface area contributed by atoms with E-state index in [4.69, 9.17) is 11.6 Å². The van der Waals surface area contributed by atoms with Gasteiger partial charge in [0.2, 0.25) is 5.91 Å².